The summed E-state index contributed by atoms with van der Waals surface area (Å²) in [5, 5.41) is 16.6. The maximum absolute atomic E-state index is 11.9. The summed E-state index contributed by atoms with van der Waals surface area (Å²) in [6.45, 7) is 0. The van der Waals surface area contributed by atoms with Gasteiger partial charge < -0.3 is 6.41 Å². The Morgan fingerprint density at radius 3 is 2.14 bits per heavy atom. The smallest absolute Gasteiger partial charge is 1.00 e. The number of nitrogens with one attached hydrogen (secondary N) is 1. The Morgan fingerprint density at radius 1 is 1.29 bits per heavy atom. The van der Waals surface area contributed by atoms with E-state index in [4.69, 9.17) is 10.5 Å². The largest absolute Gasteiger partial charge is 1.00 e. The third-order valence-electron chi connectivity index (χ3n) is 1.19. The molecule has 0 bridgehead atoms. The third-order valence-corrected chi connectivity index (χ3v) is 1.19. The normalized spacial score (nSPS) is 9.79. The Kier molecular flexibility index (Phi) is 4.14. The number of aromatic amines is 1. The number of hydrogen-bond acceptors (Lipinski definition) is 3. The number of H-pyrrole nitrogens is 1. The van der Waals surface area contributed by atoms with Gasteiger partial charge in [-0.1, -0.05) is 0 Å². The zero-order valence-corrected chi connectivity index (χ0v) is 8.98. The summed E-state index contributed by atoms with van der Waals surface area (Å²) in [5.41, 5.74) is -1.02. The Bertz CT molecular complexity index is 382. The summed E-state index contributed by atoms with van der Waals surface area (Å²) in [6, 6.07) is 2.77. The molecule has 0 aliphatic carbocycles. The molecular weight excluding hydrogens is 208 g/mol. The Balaban J connectivity index is 0. The van der Waals surface area contributed by atoms with E-state index < -0.39 is 23.4 Å². The standard InChI is InChI=1S/C6HF3N4.Na.H/c7-6(8,9)5-12-3(1-10)4(2-11)13-5;;/h(H,12,13);;/q;+1;-1. The van der Waals surface area contributed by atoms with Gasteiger partial charge in [0.25, 0.3) is 0 Å². The van der Waals surface area contributed by atoms with E-state index in [0.29, 0.717) is 0 Å². The van der Waals surface area contributed by atoms with Crippen LogP contribution in [-0.2, 0) is 6.18 Å². The second kappa shape index (κ2) is 4.47. The molecule has 0 aliphatic heterocycles. The van der Waals surface area contributed by atoms with Crippen molar-refractivity contribution in [2.24, 2.45) is 0 Å². The number of halogens is 3. The van der Waals surface area contributed by atoms with Crippen LogP contribution >= 0.6 is 0 Å². The van der Waals surface area contributed by atoms with Crippen LogP contribution in [0.1, 0.15) is 18.6 Å². The van der Waals surface area contributed by atoms with Crippen LogP contribution in [0.2, 0.25) is 0 Å². The summed E-state index contributed by atoms with van der Waals surface area (Å²) in [4.78, 5) is 4.61. The number of hydrogen-bond donors (Lipinski definition) is 1. The number of aromatic nitrogens is 2. The molecule has 0 unspecified atom stereocenters. The van der Waals surface area contributed by atoms with E-state index >= 15 is 0 Å². The van der Waals surface area contributed by atoms with Gasteiger partial charge >= 0.3 is 35.7 Å². The first-order valence-corrected chi connectivity index (χ1v) is 2.96. The molecule has 68 valence electrons. The molecule has 0 aromatic carbocycles. The molecule has 0 radical (unpaired) electrons. The Labute approximate surface area is 100 Å². The van der Waals surface area contributed by atoms with E-state index in [0.717, 1.165) is 0 Å². The topological polar surface area (TPSA) is 76.3 Å². The summed E-state index contributed by atoms with van der Waals surface area (Å²) in [6.07, 6.45) is -4.67. The minimum Gasteiger partial charge on any atom is -1.00 e. The van der Waals surface area contributed by atoms with Gasteiger partial charge in [-0.3, -0.25) is 0 Å². The van der Waals surface area contributed by atoms with E-state index in [-0.39, 0.29) is 31.0 Å². The van der Waals surface area contributed by atoms with Gasteiger partial charge in [-0.2, -0.15) is 23.7 Å². The number of imidazole rings is 1. The average molecular weight is 210 g/mol. The predicted molar refractivity (Wildman–Crippen MR) is 34.1 cm³/mol. The van der Waals surface area contributed by atoms with E-state index in [1.165, 1.54) is 12.1 Å². The van der Waals surface area contributed by atoms with Crippen LogP contribution in [0, 0.1) is 22.7 Å². The fourth-order valence-corrected chi connectivity index (χ4v) is 0.669. The maximum atomic E-state index is 11.9. The van der Waals surface area contributed by atoms with Crippen LogP contribution in [0.15, 0.2) is 0 Å². The quantitative estimate of drug-likeness (QED) is 0.518. The molecule has 14 heavy (non-hydrogen) atoms. The number of alkyl halides is 3. The molecule has 1 aromatic rings. The van der Waals surface area contributed by atoms with Gasteiger partial charge in [0, 0.05) is 0 Å². The van der Waals surface area contributed by atoms with Crippen molar-refractivity contribution in [2.45, 2.75) is 6.18 Å². The van der Waals surface area contributed by atoms with Crippen molar-refractivity contribution in [2.75, 3.05) is 0 Å². The first-order chi connectivity index (χ1) is 5.99. The molecule has 1 rings (SSSR count). The van der Waals surface area contributed by atoms with Crippen molar-refractivity contribution in [3.8, 4) is 12.1 Å². The molecule has 0 aliphatic rings. The van der Waals surface area contributed by atoms with Gasteiger partial charge in [0.05, 0.1) is 0 Å². The van der Waals surface area contributed by atoms with Gasteiger partial charge in [0.1, 0.15) is 12.1 Å². The van der Waals surface area contributed by atoms with Crippen LogP contribution in [-0.4, -0.2) is 9.97 Å². The van der Waals surface area contributed by atoms with E-state index in [1.807, 2.05) is 0 Å². The van der Waals surface area contributed by atoms with Gasteiger partial charge in [-0.25, -0.2) is 4.98 Å². The molecular formula is C6H2F3N4Na. The zero-order valence-electron chi connectivity index (χ0n) is 7.98. The molecule has 0 spiro atoms. The number of nitriles is 2. The second-order valence-electron chi connectivity index (χ2n) is 2.03. The Morgan fingerprint density at radius 2 is 1.86 bits per heavy atom. The van der Waals surface area contributed by atoms with Crippen LogP contribution in [0.5, 0.6) is 0 Å². The summed E-state index contributed by atoms with van der Waals surface area (Å²) in [7, 11) is 0. The molecule has 8 heteroatoms. The molecule has 0 saturated carbocycles. The van der Waals surface area contributed by atoms with Gasteiger partial charge in [0.2, 0.25) is 5.82 Å². The maximum Gasteiger partial charge on any atom is 1.00 e. The average Bonchev–Trinajstić information content (AvgIpc) is 2.45. The molecule has 4 nitrogen and oxygen atoms in total. The monoisotopic (exact) mass is 210 g/mol. The minimum absolute atomic E-state index is 0. The molecule has 0 saturated heterocycles. The first-order valence-electron chi connectivity index (χ1n) is 2.96. The van der Waals surface area contributed by atoms with Crippen LogP contribution in [0.3, 0.4) is 0 Å². The van der Waals surface area contributed by atoms with Crippen LogP contribution < -0.4 is 29.6 Å². The number of rotatable bonds is 0. The van der Waals surface area contributed by atoms with E-state index in [2.05, 4.69) is 4.98 Å². The SMILES string of the molecule is N#Cc1nc(C(F)(F)F)[nH]c1C#N.[H-].[Na+]. The van der Waals surface area contributed by atoms with Crippen LogP contribution in [0.25, 0.3) is 0 Å². The van der Waals surface area contributed by atoms with Crippen molar-refractivity contribution in [3.63, 3.8) is 0 Å². The third kappa shape index (κ3) is 2.48. The summed E-state index contributed by atoms with van der Waals surface area (Å²) in [5.74, 6) is -1.33. The Hall–Kier alpha value is -1.02. The predicted octanol–water partition coefficient (Wildman–Crippen LogP) is -1.71. The van der Waals surface area contributed by atoms with E-state index in [1.54, 1.807) is 4.98 Å². The molecule has 0 fully saturated rings. The minimum atomic E-state index is -4.67. The van der Waals surface area contributed by atoms with Gasteiger partial charge in [-0.15, -0.1) is 0 Å². The van der Waals surface area contributed by atoms with E-state index in [9.17, 15) is 13.2 Å². The van der Waals surface area contributed by atoms with Gasteiger partial charge in [0.15, 0.2) is 11.4 Å². The zero-order chi connectivity index (χ0) is 10.1. The van der Waals surface area contributed by atoms with Crippen molar-refractivity contribution in [3.05, 3.63) is 17.2 Å². The summed E-state index contributed by atoms with van der Waals surface area (Å²) >= 11 is 0. The first kappa shape index (κ1) is 13.0. The fourth-order valence-electron chi connectivity index (χ4n) is 0.669. The molecule has 0 atom stereocenters. The van der Waals surface area contributed by atoms with Crippen molar-refractivity contribution in [1.29, 1.82) is 10.5 Å². The summed E-state index contributed by atoms with van der Waals surface area (Å²) < 4.78 is 35.8. The molecule has 1 N–H and O–H groups in total. The molecule has 1 heterocycles. The van der Waals surface area contributed by atoms with Crippen molar-refractivity contribution < 1.29 is 44.2 Å². The van der Waals surface area contributed by atoms with Crippen molar-refractivity contribution in [1.82, 2.24) is 9.97 Å². The second-order valence-corrected chi connectivity index (χ2v) is 2.03. The molecule has 0 amide bonds. The van der Waals surface area contributed by atoms with Crippen molar-refractivity contribution >= 4 is 0 Å². The van der Waals surface area contributed by atoms with Gasteiger partial charge in [-0.05, 0) is 0 Å². The fraction of sp³-hybridized carbons (Fsp3) is 0.167. The number of nitrogens with zero attached hydrogens (tertiary/aromatic N) is 3. The van der Waals surface area contributed by atoms with Crippen LogP contribution in [0.4, 0.5) is 13.2 Å². The molecule has 1 aromatic heterocycles.